The van der Waals surface area contributed by atoms with Crippen molar-refractivity contribution >= 4 is 11.8 Å². The Hall–Kier alpha value is -1.65. The molecule has 0 radical (unpaired) electrons. The van der Waals surface area contributed by atoms with Crippen LogP contribution in [0.5, 0.6) is 11.5 Å². The van der Waals surface area contributed by atoms with Crippen molar-refractivity contribution in [3.8, 4) is 11.5 Å². The molecule has 0 spiro atoms. The van der Waals surface area contributed by atoms with Gasteiger partial charge in [0.15, 0.2) is 0 Å². The second kappa shape index (κ2) is 8.15. The molecule has 25 heavy (non-hydrogen) atoms. The number of thioether (sulfide) groups is 1. The van der Waals surface area contributed by atoms with Gasteiger partial charge in [0.05, 0.1) is 14.2 Å². The second-order valence-electron chi connectivity index (χ2n) is 6.70. The fourth-order valence-electron chi connectivity index (χ4n) is 3.50. The molecular formula is C21H27NO2S. The molecule has 3 nitrogen and oxygen atoms in total. The van der Waals surface area contributed by atoms with Gasteiger partial charge >= 0.3 is 0 Å². The number of methoxy groups -OCH3 is 2. The number of hydrogen-bond donors (Lipinski definition) is 0. The van der Waals surface area contributed by atoms with Gasteiger partial charge in [-0.15, -0.1) is 11.8 Å². The number of nitrogens with zero attached hydrogens (tertiary/aromatic N) is 1. The molecule has 0 bridgehead atoms. The zero-order chi connectivity index (χ0) is 17.8. The molecule has 2 aromatic rings. The van der Waals surface area contributed by atoms with Gasteiger partial charge in [0.2, 0.25) is 0 Å². The van der Waals surface area contributed by atoms with Crippen molar-refractivity contribution in [1.29, 1.82) is 0 Å². The number of ether oxygens (including phenoxy) is 2. The highest BCUT2D eigenvalue weighted by molar-refractivity contribution is 7.99. The Kier molecular flexibility index (Phi) is 5.92. The summed E-state index contributed by atoms with van der Waals surface area (Å²) in [7, 11) is 7.81. The molecule has 0 aromatic heterocycles. The van der Waals surface area contributed by atoms with E-state index in [9.17, 15) is 0 Å². The minimum Gasteiger partial charge on any atom is -0.497 e. The van der Waals surface area contributed by atoms with Gasteiger partial charge in [-0.05, 0) is 62.3 Å². The predicted molar refractivity (Wildman–Crippen MR) is 106 cm³/mol. The number of hydrogen-bond acceptors (Lipinski definition) is 4. The summed E-state index contributed by atoms with van der Waals surface area (Å²) in [4.78, 5) is 2.37. The first-order chi connectivity index (χ1) is 12.1. The average molecular weight is 358 g/mol. The van der Waals surface area contributed by atoms with Crippen molar-refractivity contribution in [3.05, 3.63) is 59.7 Å². The van der Waals surface area contributed by atoms with Crippen LogP contribution in [-0.4, -0.2) is 39.3 Å². The zero-order valence-corrected chi connectivity index (χ0v) is 16.3. The van der Waals surface area contributed by atoms with Crippen LogP contribution < -0.4 is 9.47 Å². The lowest BCUT2D eigenvalue weighted by Crippen LogP contribution is -2.35. The molecule has 1 saturated heterocycles. The Balaban J connectivity index is 1.83. The maximum Gasteiger partial charge on any atom is 0.118 e. The normalized spacial score (nSPS) is 23.5. The Morgan fingerprint density at radius 2 is 1.32 bits per heavy atom. The SMILES string of the molecule is COc1ccc(C2CCC(N(C)C)C(c3ccc(OC)cc3)S2)cc1. The third kappa shape index (κ3) is 4.13. The highest BCUT2D eigenvalue weighted by Gasteiger charge is 2.34. The van der Waals surface area contributed by atoms with E-state index >= 15 is 0 Å². The third-order valence-corrected chi connectivity index (χ3v) is 6.70. The molecule has 2 aromatic carbocycles. The van der Waals surface area contributed by atoms with Crippen LogP contribution in [0.1, 0.15) is 34.5 Å². The van der Waals surface area contributed by atoms with Crippen LogP contribution in [0.3, 0.4) is 0 Å². The van der Waals surface area contributed by atoms with Crippen molar-refractivity contribution in [3.63, 3.8) is 0 Å². The molecule has 1 aliphatic heterocycles. The summed E-state index contributed by atoms with van der Waals surface area (Å²) in [5, 5.41) is 0.982. The van der Waals surface area contributed by atoms with Gasteiger partial charge in [-0.3, -0.25) is 0 Å². The monoisotopic (exact) mass is 357 g/mol. The van der Waals surface area contributed by atoms with Crippen LogP contribution >= 0.6 is 11.8 Å². The fraction of sp³-hybridized carbons (Fsp3) is 0.429. The Morgan fingerprint density at radius 3 is 1.80 bits per heavy atom. The van der Waals surface area contributed by atoms with Gasteiger partial charge in [0.25, 0.3) is 0 Å². The summed E-state index contributed by atoms with van der Waals surface area (Å²) in [6.07, 6.45) is 2.40. The van der Waals surface area contributed by atoms with E-state index in [2.05, 4.69) is 79.3 Å². The molecule has 0 N–H and O–H groups in total. The van der Waals surface area contributed by atoms with Crippen molar-refractivity contribution in [2.24, 2.45) is 0 Å². The number of benzene rings is 2. The van der Waals surface area contributed by atoms with E-state index in [4.69, 9.17) is 9.47 Å². The predicted octanol–water partition coefficient (Wildman–Crippen LogP) is 4.94. The zero-order valence-electron chi connectivity index (χ0n) is 15.4. The first-order valence-electron chi connectivity index (χ1n) is 8.72. The number of likely N-dealkylation sites (N-methyl/N-ethyl adjacent to an activating group) is 1. The van der Waals surface area contributed by atoms with Gasteiger partial charge in [-0.2, -0.15) is 0 Å². The van der Waals surface area contributed by atoms with E-state index in [1.165, 1.54) is 24.0 Å². The third-order valence-electron chi connectivity index (χ3n) is 4.98. The van der Waals surface area contributed by atoms with Crippen LogP contribution in [0.2, 0.25) is 0 Å². The van der Waals surface area contributed by atoms with Gasteiger partial charge in [-0.1, -0.05) is 24.3 Å². The van der Waals surface area contributed by atoms with E-state index in [0.29, 0.717) is 16.5 Å². The van der Waals surface area contributed by atoms with E-state index in [-0.39, 0.29) is 0 Å². The Morgan fingerprint density at radius 1 is 0.800 bits per heavy atom. The summed E-state index contributed by atoms with van der Waals surface area (Å²) in [5.74, 6) is 1.83. The molecule has 0 amide bonds. The van der Waals surface area contributed by atoms with Crippen molar-refractivity contribution in [2.45, 2.75) is 29.4 Å². The topological polar surface area (TPSA) is 21.7 Å². The van der Waals surface area contributed by atoms with E-state index < -0.39 is 0 Å². The van der Waals surface area contributed by atoms with Gasteiger partial charge in [0, 0.05) is 16.5 Å². The van der Waals surface area contributed by atoms with Gasteiger partial charge in [0.1, 0.15) is 11.5 Å². The second-order valence-corrected chi connectivity index (χ2v) is 8.05. The van der Waals surface area contributed by atoms with Crippen LogP contribution in [0, 0.1) is 0 Å². The van der Waals surface area contributed by atoms with Gasteiger partial charge < -0.3 is 14.4 Å². The standard InChI is InChI=1S/C21H27NO2S/c1-22(2)19-13-14-20(15-5-9-17(23-3)10-6-15)25-21(19)16-7-11-18(24-4)12-8-16/h5-12,19-21H,13-14H2,1-4H3. The van der Waals surface area contributed by atoms with Crippen molar-refractivity contribution in [1.82, 2.24) is 4.90 Å². The van der Waals surface area contributed by atoms with E-state index in [1.54, 1.807) is 14.2 Å². The quantitative estimate of drug-likeness (QED) is 0.755. The van der Waals surface area contributed by atoms with Crippen molar-refractivity contribution < 1.29 is 9.47 Å². The molecule has 0 saturated carbocycles. The largest absolute Gasteiger partial charge is 0.497 e. The summed E-state index contributed by atoms with van der Waals surface area (Å²) >= 11 is 2.08. The van der Waals surface area contributed by atoms with Crippen LogP contribution in [-0.2, 0) is 0 Å². The first-order valence-corrected chi connectivity index (χ1v) is 9.66. The highest BCUT2D eigenvalue weighted by atomic mass is 32.2. The molecule has 1 fully saturated rings. The maximum absolute atomic E-state index is 5.31. The number of rotatable bonds is 5. The van der Waals surface area contributed by atoms with Crippen LogP contribution in [0.4, 0.5) is 0 Å². The van der Waals surface area contributed by atoms with Crippen LogP contribution in [0.15, 0.2) is 48.5 Å². The molecule has 0 aliphatic carbocycles. The minimum atomic E-state index is 0.460. The smallest absolute Gasteiger partial charge is 0.118 e. The molecule has 1 heterocycles. The molecule has 3 atom stereocenters. The molecule has 134 valence electrons. The Bertz CT molecular complexity index is 669. The lowest BCUT2D eigenvalue weighted by atomic mass is 9.96. The average Bonchev–Trinajstić information content (AvgIpc) is 2.67. The molecule has 3 unspecified atom stereocenters. The Labute approximate surface area is 155 Å². The first kappa shape index (κ1) is 18.2. The summed E-state index contributed by atoms with van der Waals surface area (Å²) in [6, 6.07) is 17.7. The summed E-state index contributed by atoms with van der Waals surface area (Å²) in [6.45, 7) is 0. The summed E-state index contributed by atoms with van der Waals surface area (Å²) < 4.78 is 10.6. The maximum atomic E-state index is 5.31. The van der Waals surface area contributed by atoms with Gasteiger partial charge in [-0.25, -0.2) is 0 Å². The summed E-state index contributed by atoms with van der Waals surface area (Å²) in [5.41, 5.74) is 2.77. The van der Waals surface area contributed by atoms with Crippen molar-refractivity contribution in [2.75, 3.05) is 28.3 Å². The minimum absolute atomic E-state index is 0.460. The van der Waals surface area contributed by atoms with E-state index in [0.717, 1.165) is 11.5 Å². The highest BCUT2D eigenvalue weighted by Crippen LogP contribution is 2.51. The lowest BCUT2D eigenvalue weighted by Gasteiger charge is -2.39. The lowest BCUT2D eigenvalue weighted by molar-refractivity contribution is 0.260. The fourth-order valence-corrected chi connectivity index (χ4v) is 5.31. The molecular weight excluding hydrogens is 330 g/mol. The molecule has 1 aliphatic rings. The molecule has 3 rings (SSSR count). The van der Waals surface area contributed by atoms with Crippen LogP contribution in [0.25, 0.3) is 0 Å². The molecule has 4 heteroatoms. The van der Waals surface area contributed by atoms with E-state index in [1.807, 2.05) is 0 Å².